The molecule has 26 heavy (non-hydrogen) atoms. The van der Waals surface area contributed by atoms with E-state index in [9.17, 15) is 9.90 Å². The molecule has 0 spiro atoms. The van der Waals surface area contributed by atoms with Gasteiger partial charge in [-0.15, -0.1) is 0 Å². The zero-order valence-corrected chi connectivity index (χ0v) is 14.7. The van der Waals surface area contributed by atoms with Gasteiger partial charge < -0.3 is 14.6 Å². The van der Waals surface area contributed by atoms with Crippen molar-refractivity contribution in [1.82, 2.24) is 14.9 Å². The summed E-state index contributed by atoms with van der Waals surface area (Å²) in [4.78, 5) is 10.8. The third-order valence-electron chi connectivity index (χ3n) is 3.55. The lowest BCUT2D eigenvalue weighted by molar-refractivity contribution is -0.255. The molecule has 0 bridgehead atoms. The lowest BCUT2D eigenvalue weighted by Gasteiger charge is -2.08. The molecular weight excluding hydrogens is 352 g/mol. The fourth-order valence-corrected chi connectivity index (χ4v) is 2.51. The van der Waals surface area contributed by atoms with Gasteiger partial charge in [-0.2, -0.15) is 14.9 Å². The molecule has 1 heterocycles. The number of hydrogen-bond acceptors (Lipinski definition) is 6. The standard InChI is InChI=1S/C18H16N4O3S/c1-2-25-15-6-4-3-5-14(15)16-20-21-18(26)22(16)19-11-12-7-9-13(10-8-12)17(23)24/h3-11H,2H2,1H3,(H,21,26)(H,23,24)/p-1/b19-11-. The molecule has 0 fully saturated rings. The maximum Gasteiger partial charge on any atom is 0.216 e. The SMILES string of the molecule is CCOc1ccccc1-c1n[nH]c(=S)n1/N=C\c1ccc(C(=O)[O-])cc1. The van der Waals surface area contributed by atoms with Crippen molar-refractivity contribution in [2.75, 3.05) is 6.61 Å². The monoisotopic (exact) mass is 367 g/mol. The van der Waals surface area contributed by atoms with Gasteiger partial charge in [0.15, 0.2) is 5.82 Å². The topological polar surface area (TPSA) is 95.3 Å². The molecule has 3 aromatic rings. The van der Waals surface area contributed by atoms with Crippen LogP contribution in [0, 0.1) is 4.77 Å². The van der Waals surface area contributed by atoms with Gasteiger partial charge in [0.1, 0.15) is 5.75 Å². The summed E-state index contributed by atoms with van der Waals surface area (Å²) in [6, 6.07) is 13.6. The number of carboxylic acid groups (broad SMARTS) is 1. The van der Waals surface area contributed by atoms with Crippen LogP contribution in [0.4, 0.5) is 0 Å². The van der Waals surface area contributed by atoms with Crippen LogP contribution >= 0.6 is 12.2 Å². The second-order valence-corrected chi connectivity index (χ2v) is 5.63. The smallest absolute Gasteiger partial charge is 0.216 e. The Balaban J connectivity index is 1.96. The number of carboxylic acids is 1. The highest BCUT2D eigenvalue weighted by Crippen LogP contribution is 2.28. The summed E-state index contributed by atoms with van der Waals surface area (Å²) in [6.07, 6.45) is 1.57. The van der Waals surface area contributed by atoms with E-state index in [1.165, 1.54) is 16.8 Å². The number of hydrogen-bond donors (Lipinski definition) is 1. The van der Waals surface area contributed by atoms with Gasteiger partial charge in [-0.05, 0) is 42.4 Å². The van der Waals surface area contributed by atoms with E-state index < -0.39 is 5.97 Å². The third kappa shape index (κ3) is 3.70. The van der Waals surface area contributed by atoms with Gasteiger partial charge in [-0.25, -0.2) is 5.10 Å². The van der Waals surface area contributed by atoms with Gasteiger partial charge in [0, 0.05) is 0 Å². The summed E-state index contributed by atoms with van der Waals surface area (Å²) in [5, 5.41) is 22.1. The van der Waals surface area contributed by atoms with E-state index in [1.807, 2.05) is 31.2 Å². The molecule has 8 heteroatoms. The van der Waals surface area contributed by atoms with Crippen molar-refractivity contribution in [1.29, 1.82) is 0 Å². The molecule has 1 N–H and O–H groups in total. The van der Waals surface area contributed by atoms with Gasteiger partial charge in [-0.1, -0.05) is 36.4 Å². The predicted molar refractivity (Wildman–Crippen MR) is 97.8 cm³/mol. The molecule has 132 valence electrons. The Morgan fingerprint density at radius 2 is 2.04 bits per heavy atom. The molecule has 1 aromatic heterocycles. The molecule has 0 atom stereocenters. The van der Waals surface area contributed by atoms with Crippen LogP contribution in [0.25, 0.3) is 11.4 Å². The van der Waals surface area contributed by atoms with Crippen LogP contribution < -0.4 is 9.84 Å². The normalized spacial score (nSPS) is 11.0. The first-order valence-electron chi connectivity index (χ1n) is 7.85. The van der Waals surface area contributed by atoms with Crippen molar-refractivity contribution in [3.05, 3.63) is 64.4 Å². The summed E-state index contributed by atoms with van der Waals surface area (Å²) in [7, 11) is 0. The van der Waals surface area contributed by atoms with E-state index in [0.717, 1.165) is 5.56 Å². The molecule has 7 nitrogen and oxygen atoms in total. The number of aromatic carboxylic acids is 1. The van der Waals surface area contributed by atoms with E-state index in [2.05, 4.69) is 15.3 Å². The molecule has 0 aliphatic carbocycles. The number of ether oxygens (including phenoxy) is 1. The maximum atomic E-state index is 10.8. The van der Waals surface area contributed by atoms with Crippen LogP contribution in [-0.2, 0) is 0 Å². The molecule has 2 aromatic carbocycles. The molecule has 3 rings (SSSR count). The molecule has 0 aliphatic heterocycles. The Morgan fingerprint density at radius 3 is 2.73 bits per heavy atom. The molecule has 0 radical (unpaired) electrons. The van der Waals surface area contributed by atoms with Crippen molar-refractivity contribution in [3.8, 4) is 17.1 Å². The lowest BCUT2D eigenvalue weighted by atomic mass is 10.1. The summed E-state index contributed by atoms with van der Waals surface area (Å²) in [5.74, 6) is -0.0271. The molecule has 0 saturated carbocycles. The Labute approximate surface area is 154 Å². The van der Waals surface area contributed by atoms with Crippen molar-refractivity contribution in [2.45, 2.75) is 6.92 Å². The number of nitrogens with zero attached hydrogens (tertiary/aromatic N) is 3. The second kappa shape index (κ2) is 7.75. The highest BCUT2D eigenvalue weighted by Gasteiger charge is 2.13. The van der Waals surface area contributed by atoms with Crippen molar-refractivity contribution in [3.63, 3.8) is 0 Å². The fourth-order valence-electron chi connectivity index (χ4n) is 2.34. The van der Waals surface area contributed by atoms with Crippen LogP contribution in [-0.4, -0.2) is 33.7 Å². The number of H-pyrrole nitrogens is 1. The van der Waals surface area contributed by atoms with E-state index in [4.69, 9.17) is 17.0 Å². The number of nitrogens with one attached hydrogen (secondary N) is 1. The van der Waals surface area contributed by atoms with Gasteiger partial charge >= 0.3 is 0 Å². The van der Waals surface area contributed by atoms with E-state index >= 15 is 0 Å². The minimum absolute atomic E-state index is 0.105. The number of carbonyl (C=O) groups is 1. The van der Waals surface area contributed by atoms with Gasteiger partial charge in [-0.3, -0.25) is 0 Å². The van der Waals surface area contributed by atoms with Crippen LogP contribution in [0.15, 0.2) is 53.6 Å². The first kappa shape index (κ1) is 17.6. The zero-order chi connectivity index (χ0) is 18.5. The van der Waals surface area contributed by atoms with Crippen LogP contribution in [0.2, 0.25) is 0 Å². The van der Waals surface area contributed by atoms with E-state index in [1.54, 1.807) is 18.3 Å². The highest BCUT2D eigenvalue weighted by atomic mass is 32.1. The fraction of sp³-hybridized carbons (Fsp3) is 0.111. The predicted octanol–water partition coefficient (Wildman–Crippen LogP) is 2.25. The van der Waals surface area contributed by atoms with E-state index in [0.29, 0.717) is 28.5 Å². The summed E-state index contributed by atoms with van der Waals surface area (Å²) in [5.41, 5.74) is 1.57. The minimum Gasteiger partial charge on any atom is -0.545 e. The molecule has 0 unspecified atom stereocenters. The first-order chi connectivity index (χ1) is 12.6. The first-order valence-corrected chi connectivity index (χ1v) is 8.26. The van der Waals surface area contributed by atoms with Crippen molar-refractivity contribution >= 4 is 24.4 Å². The Bertz CT molecular complexity index is 1010. The molecule has 0 aliphatic rings. The van der Waals surface area contributed by atoms with Crippen LogP contribution in [0.5, 0.6) is 5.75 Å². The van der Waals surface area contributed by atoms with Crippen molar-refractivity contribution in [2.24, 2.45) is 5.10 Å². The number of aromatic amines is 1. The van der Waals surface area contributed by atoms with Gasteiger partial charge in [0.25, 0.3) is 0 Å². The number of aromatic nitrogens is 3. The van der Waals surface area contributed by atoms with Crippen LogP contribution in [0.1, 0.15) is 22.8 Å². The Kier molecular flexibility index (Phi) is 5.23. The average Bonchev–Trinajstić information content (AvgIpc) is 3.01. The van der Waals surface area contributed by atoms with E-state index in [-0.39, 0.29) is 5.56 Å². The lowest BCUT2D eigenvalue weighted by Crippen LogP contribution is -2.21. The third-order valence-corrected chi connectivity index (χ3v) is 3.81. The summed E-state index contributed by atoms with van der Waals surface area (Å²) < 4.78 is 7.45. The number of rotatable bonds is 6. The number of para-hydroxylation sites is 1. The maximum absolute atomic E-state index is 10.8. The minimum atomic E-state index is -1.22. The number of carbonyl (C=O) groups excluding carboxylic acids is 1. The quantitative estimate of drug-likeness (QED) is 0.533. The largest absolute Gasteiger partial charge is 0.545 e. The molecular formula is C18H15N4O3S-. The van der Waals surface area contributed by atoms with Crippen LogP contribution in [0.3, 0.4) is 0 Å². The summed E-state index contributed by atoms with van der Waals surface area (Å²) >= 11 is 5.26. The highest BCUT2D eigenvalue weighted by molar-refractivity contribution is 7.71. The molecule has 0 amide bonds. The summed E-state index contributed by atoms with van der Waals surface area (Å²) in [6.45, 7) is 2.43. The van der Waals surface area contributed by atoms with Crippen molar-refractivity contribution < 1.29 is 14.6 Å². The second-order valence-electron chi connectivity index (χ2n) is 5.25. The average molecular weight is 367 g/mol. The Morgan fingerprint density at radius 1 is 1.31 bits per heavy atom. The van der Waals surface area contributed by atoms with Gasteiger partial charge in [0.05, 0.1) is 24.4 Å². The Hall–Kier alpha value is -3.26. The zero-order valence-electron chi connectivity index (χ0n) is 13.9. The van der Waals surface area contributed by atoms with Gasteiger partial charge in [0.2, 0.25) is 4.77 Å². The molecule has 0 saturated heterocycles. The number of benzene rings is 2.